The van der Waals surface area contributed by atoms with Crippen LogP contribution < -0.4 is 5.32 Å². The molecule has 0 aromatic carbocycles. The molecule has 3 saturated heterocycles. The Morgan fingerprint density at radius 2 is 0.689 bits per heavy atom. The summed E-state index contributed by atoms with van der Waals surface area (Å²) in [6.45, 7) is 1.77. The van der Waals surface area contributed by atoms with Gasteiger partial charge in [0.25, 0.3) is 0 Å². The smallest absolute Gasteiger partial charge is 0.220 e. The summed E-state index contributed by atoms with van der Waals surface area (Å²) in [6.07, 6.45) is 33.5. The zero-order chi connectivity index (χ0) is 65.4. The van der Waals surface area contributed by atoms with Gasteiger partial charge in [0.1, 0.15) is 73.2 Å². The zero-order valence-corrected chi connectivity index (χ0v) is 56.4. The third-order valence-electron chi connectivity index (χ3n) is 18.8. The summed E-state index contributed by atoms with van der Waals surface area (Å²) in [5, 5.41) is 121. The van der Waals surface area contributed by atoms with Crippen LogP contribution in [0.15, 0.2) is 12.2 Å². The van der Waals surface area contributed by atoms with Gasteiger partial charge in [0.05, 0.1) is 38.6 Å². The first-order chi connectivity index (χ1) is 43.8. The number of unbranched alkanes of at least 4 members (excludes halogenated alkanes) is 42. The molecule has 3 rings (SSSR count). The number of hydrogen-bond donors (Lipinski definition) is 12. The lowest BCUT2D eigenvalue weighted by Crippen LogP contribution is -2.66. The fourth-order valence-corrected chi connectivity index (χ4v) is 12.8. The molecule has 0 aromatic heterocycles. The average molecular weight is 1290 g/mol. The van der Waals surface area contributed by atoms with Gasteiger partial charge in [-0.25, -0.2) is 0 Å². The molecule has 0 bridgehead atoms. The molecule has 90 heavy (non-hydrogen) atoms. The lowest BCUT2D eigenvalue weighted by Gasteiger charge is -2.48. The molecule has 3 aliphatic heterocycles. The topological polar surface area (TPSA) is 307 Å². The maximum Gasteiger partial charge on any atom is 0.220 e. The van der Waals surface area contributed by atoms with Gasteiger partial charge in [-0.2, -0.15) is 0 Å². The van der Waals surface area contributed by atoms with E-state index < -0.39 is 124 Å². The molecule has 19 nitrogen and oxygen atoms in total. The number of nitrogens with one attached hydrogen (secondary N) is 1. The molecule has 1 amide bonds. The van der Waals surface area contributed by atoms with E-state index in [0.29, 0.717) is 6.42 Å². The summed E-state index contributed by atoms with van der Waals surface area (Å²) in [5.41, 5.74) is 0. The summed E-state index contributed by atoms with van der Waals surface area (Å²) in [5.74, 6) is -0.269. The van der Waals surface area contributed by atoms with Crippen LogP contribution in [0.1, 0.15) is 303 Å². The van der Waals surface area contributed by atoms with Gasteiger partial charge in [0.2, 0.25) is 5.91 Å². The third kappa shape index (κ3) is 35.0. The lowest BCUT2D eigenvalue weighted by atomic mass is 9.96. The van der Waals surface area contributed by atoms with Gasteiger partial charge < -0.3 is 89.9 Å². The van der Waals surface area contributed by atoms with Gasteiger partial charge in [-0.05, 0) is 19.3 Å². The molecule has 0 spiro atoms. The van der Waals surface area contributed by atoms with E-state index in [1.807, 2.05) is 6.08 Å². The van der Waals surface area contributed by atoms with E-state index in [1.54, 1.807) is 6.08 Å². The minimum Gasteiger partial charge on any atom is -0.394 e. The van der Waals surface area contributed by atoms with Crippen LogP contribution in [0, 0.1) is 0 Å². The Balaban J connectivity index is 1.37. The van der Waals surface area contributed by atoms with Crippen molar-refractivity contribution in [2.75, 3.05) is 26.4 Å². The molecule has 532 valence electrons. The number of ether oxygens (including phenoxy) is 6. The van der Waals surface area contributed by atoms with Gasteiger partial charge in [-0.3, -0.25) is 4.79 Å². The van der Waals surface area contributed by atoms with Crippen molar-refractivity contribution in [1.29, 1.82) is 0 Å². The Hall–Kier alpha value is -1.47. The number of allylic oxidation sites excluding steroid dienone is 1. The molecular formula is C71H135NO18. The normalized spacial score (nSPS) is 28.0. The molecule has 3 aliphatic rings. The minimum absolute atomic E-state index is 0.250. The van der Waals surface area contributed by atoms with Crippen LogP contribution >= 0.6 is 0 Å². The highest BCUT2D eigenvalue weighted by atomic mass is 16.8. The second-order valence-electron chi connectivity index (χ2n) is 26.8. The molecule has 3 heterocycles. The van der Waals surface area contributed by atoms with E-state index in [1.165, 1.54) is 231 Å². The van der Waals surface area contributed by atoms with E-state index in [4.69, 9.17) is 28.4 Å². The van der Waals surface area contributed by atoms with Gasteiger partial charge >= 0.3 is 0 Å². The average Bonchev–Trinajstić information content (AvgIpc) is 1.06. The Labute approximate surface area is 544 Å². The molecule has 17 unspecified atom stereocenters. The molecule has 0 aromatic rings. The fourth-order valence-electron chi connectivity index (χ4n) is 12.8. The number of carbonyl (C=O) groups excluding carboxylic acids is 1. The molecular weight excluding hydrogens is 1150 g/mol. The Bertz CT molecular complexity index is 1680. The minimum atomic E-state index is -1.98. The van der Waals surface area contributed by atoms with Gasteiger partial charge in [-0.15, -0.1) is 0 Å². The summed E-state index contributed by atoms with van der Waals surface area (Å²) in [7, 11) is 0. The van der Waals surface area contributed by atoms with Crippen LogP contribution in [0.2, 0.25) is 0 Å². The number of carbonyl (C=O) groups is 1. The van der Waals surface area contributed by atoms with Crippen molar-refractivity contribution in [3.63, 3.8) is 0 Å². The van der Waals surface area contributed by atoms with Crippen molar-refractivity contribution >= 4 is 5.91 Å². The van der Waals surface area contributed by atoms with Crippen LogP contribution in [0.5, 0.6) is 0 Å². The quantitative estimate of drug-likeness (QED) is 0.0199. The summed E-state index contributed by atoms with van der Waals surface area (Å²) >= 11 is 0. The van der Waals surface area contributed by atoms with Crippen LogP contribution in [0.25, 0.3) is 0 Å². The largest absolute Gasteiger partial charge is 0.394 e. The zero-order valence-electron chi connectivity index (χ0n) is 56.4. The Morgan fingerprint density at radius 1 is 0.389 bits per heavy atom. The highest BCUT2D eigenvalue weighted by Gasteiger charge is 2.53. The van der Waals surface area contributed by atoms with Gasteiger partial charge in [0, 0.05) is 6.42 Å². The molecule has 12 N–H and O–H groups in total. The predicted octanol–water partition coefficient (Wildman–Crippen LogP) is 10.4. The van der Waals surface area contributed by atoms with E-state index >= 15 is 0 Å². The highest BCUT2D eigenvalue weighted by molar-refractivity contribution is 5.76. The van der Waals surface area contributed by atoms with Crippen molar-refractivity contribution in [2.45, 2.75) is 407 Å². The maximum atomic E-state index is 13.4. The lowest BCUT2D eigenvalue weighted by molar-refractivity contribution is -0.379. The van der Waals surface area contributed by atoms with Crippen LogP contribution in [-0.2, 0) is 33.2 Å². The molecule has 0 aliphatic carbocycles. The Morgan fingerprint density at radius 3 is 1.04 bits per heavy atom. The van der Waals surface area contributed by atoms with Crippen molar-refractivity contribution in [1.82, 2.24) is 5.32 Å². The van der Waals surface area contributed by atoms with E-state index in [0.717, 1.165) is 44.9 Å². The molecule has 19 heteroatoms. The highest BCUT2D eigenvalue weighted by Crippen LogP contribution is 2.33. The standard InChI is InChI=1S/C71H135NO18/c1-3-5-7-9-11-13-15-17-19-20-21-22-23-24-25-26-27-28-29-30-31-32-33-35-37-39-41-43-45-47-49-59(77)72-54(55(76)48-46-44-42-40-38-36-34-18-16-14-12-10-8-6-4-2)53-85-69-65(83)62(80)67(57(51-74)87-69)90-71-66(84)63(81)68(58(52-75)88-71)89-70-64(82)61(79)60(78)56(50-73)86-70/h46,48,54-58,60-71,73-76,78-84H,3-45,47,49-53H2,1-2H3,(H,72,77)/b48-46+. The summed E-state index contributed by atoms with van der Waals surface area (Å²) < 4.78 is 34.4. The van der Waals surface area contributed by atoms with E-state index in [2.05, 4.69) is 19.2 Å². The summed E-state index contributed by atoms with van der Waals surface area (Å²) in [4.78, 5) is 13.4. The van der Waals surface area contributed by atoms with Crippen molar-refractivity contribution < 1.29 is 89.4 Å². The number of amides is 1. The first-order valence-corrected chi connectivity index (χ1v) is 36.9. The SMILES string of the molecule is CCCCCCCCCCCCCCC/C=C/C(O)C(COC1OC(CO)C(OC2OC(CO)C(OC3OC(CO)C(O)C(O)C3O)C(O)C2O)C(O)C1O)NC(=O)CCCCCCCCCCCCCCCCCCCCCCCCCCCCCCCC. The number of aliphatic hydroxyl groups is 11. The second kappa shape index (κ2) is 53.6. The van der Waals surface area contributed by atoms with E-state index in [-0.39, 0.29) is 18.9 Å². The fraction of sp³-hybridized carbons (Fsp3) is 0.958. The van der Waals surface area contributed by atoms with Crippen LogP contribution in [0.3, 0.4) is 0 Å². The monoisotopic (exact) mass is 1290 g/mol. The first-order valence-electron chi connectivity index (χ1n) is 36.9. The Kier molecular flexibility index (Phi) is 49.3. The van der Waals surface area contributed by atoms with Crippen LogP contribution in [0.4, 0.5) is 0 Å². The first kappa shape index (κ1) is 82.8. The molecule has 3 fully saturated rings. The summed E-state index contributed by atoms with van der Waals surface area (Å²) in [6, 6.07) is -0.968. The number of rotatable bonds is 58. The van der Waals surface area contributed by atoms with E-state index in [9.17, 15) is 61.0 Å². The predicted molar refractivity (Wildman–Crippen MR) is 351 cm³/mol. The van der Waals surface area contributed by atoms with Crippen molar-refractivity contribution in [3.05, 3.63) is 12.2 Å². The number of aliphatic hydroxyl groups excluding tert-OH is 11. The molecule has 0 saturated carbocycles. The molecule has 0 radical (unpaired) electrons. The third-order valence-corrected chi connectivity index (χ3v) is 18.8. The second-order valence-corrected chi connectivity index (χ2v) is 26.8. The molecule has 17 atom stereocenters. The van der Waals surface area contributed by atoms with Gasteiger partial charge in [-0.1, -0.05) is 289 Å². The van der Waals surface area contributed by atoms with Crippen molar-refractivity contribution in [2.24, 2.45) is 0 Å². The van der Waals surface area contributed by atoms with Gasteiger partial charge in [0.15, 0.2) is 18.9 Å². The van der Waals surface area contributed by atoms with Crippen LogP contribution in [-0.4, -0.2) is 193 Å². The number of hydrogen-bond acceptors (Lipinski definition) is 18. The van der Waals surface area contributed by atoms with Crippen molar-refractivity contribution in [3.8, 4) is 0 Å². The maximum absolute atomic E-state index is 13.4.